The Kier molecular flexibility index (Phi) is 6.05. The second kappa shape index (κ2) is 8.45. The first-order valence-electron chi connectivity index (χ1n) is 8.24. The Morgan fingerprint density at radius 1 is 1.04 bits per heavy atom. The fourth-order valence-corrected chi connectivity index (χ4v) is 3.85. The first-order valence-corrected chi connectivity index (χ1v) is 9.61. The molecule has 0 atom stereocenters. The lowest BCUT2D eigenvalue weighted by molar-refractivity contribution is -0.113. The Morgan fingerprint density at radius 2 is 1.75 bits per heavy atom. The summed E-state index contributed by atoms with van der Waals surface area (Å²) in [7, 11) is 0. The lowest BCUT2D eigenvalue weighted by Crippen LogP contribution is -2.29. The van der Waals surface area contributed by atoms with Gasteiger partial charge < -0.3 is 10.2 Å². The van der Waals surface area contributed by atoms with Gasteiger partial charge in [0.15, 0.2) is 0 Å². The number of nitrogens with one attached hydrogen (secondary N) is 1. The number of anilines is 2. The van der Waals surface area contributed by atoms with Crippen LogP contribution in [0.1, 0.15) is 19.3 Å². The molecule has 126 valence electrons. The zero-order chi connectivity index (χ0) is 16.8. The van der Waals surface area contributed by atoms with E-state index in [1.165, 1.54) is 36.7 Å². The summed E-state index contributed by atoms with van der Waals surface area (Å²) >= 11 is 7.55. The molecule has 0 bridgehead atoms. The monoisotopic (exact) mass is 360 g/mol. The highest BCUT2D eigenvalue weighted by Gasteiger charge is 2.11. The molecular formula is C19H21ClN2OS. The molecule has 0 radical (unpaired) electrons. The number of hydrogen-bond donors (Lipinski definition) is 1. The molecule has 0 saturated carbocycles. The summed E-state index contributed by atoms with van der Waals surface area (Å²) in [6.07, 6.45) is 3.85. The molecule has 0 aliphatic carbocycles. The van der Waals surface area contributed by atoms with Gasteiger partial charge in [-0.1, -0.05) is 23.7 Å². The van der Waals surface area contributed by atoms with Crippen molar-refractivity contribution in [2.75, 3.05) is 29.1 Å². The zero-order valence-electron chi connectivity index (χ0n) is 13.5. The van der Waals surface area contributed by atoms with Gasteiger partial charge in [-0.15, -0.1) is 11.8 Å². The Hall–Kier alpha value is -1.65. The summed E-state index contributed by atoms with van der Waals surface area (Å²) in [6, 6.07) is 15.7. The summed E-state index contributed by atoms with van der Waals surface area (Å²) in [5, 5.41) is 3.62. The van der Waals surface area contributed by atoms with E-state index in [-0.39, 0.29) is 5.91 Å². The number of hydrogen-bond acceptors (Lipinski definition) is 3. The predicted octanol–water partition coefficient (Wildman–Crippen LogP) is 5.06. The molecule has 24 heavy (non-hydrogen) atoms. The number of carbonyl (C=O) groups excluding carboxylic acids is 1. The van der Waals surface area contributed by atoms with Crippen LogP contribution in [0.25, 0.3) is 0 Å². The van der Waals surface area contributed by atoms with Crippen LogP contribution >= 0.6 is 23.4 Å². The minimum absolute atomic E-state index is 0.0226. The fourth-order valence-electron chi connectivity index (χ4n) is 2.81. The van der Waals surface area contributed by atoms with Gasteiger partial charge in [-0.3, -0.25) is 4.79 Å². The van der Waals surface area contributed by atoms with Gasteiger partial charge in [0.2, 0.25) is 5.91 Å². The van der Waals surface area contributed by atoms with E-state index in [0.29, 0.717) is 10.8 Å². The van der Waals surface area contributed by atoms with Gasteiger partial charge in [0, 0.05) is 29.4 Å². The number of halogens is 1. The van der Waals surface area contributed by atoms with Crippen LogP contribution in [0.2, 0.25) is 5.02 Å². The van der Waals surface area contributed by atoms with Gasteiger partial charge in [0.05, 0.1) is 10.8 Å². The minimum Gasteiger partial charge on any atom is -0.372 e. The Labute approximate surface area is 152 Å². The van der Waals surface area contributed by atoms with E-state index in [9.17, 15) is 4.79 Å². The Balaban J connectivity index is 1.52. The van der Waals surface area contributed by atoms with Gasteiger partial charge in [0.1, 0.15) is 0 Å². The molecule has 2 aromatic carbocycles. The average molecular weight is 361 g/mol. The molecule has 2 aromatic rings. The van der Waals surface area contributed by atoms with Gasteiger partial charge in [-0.2, -0.15) is 0 Å². The highest BCUT2D eigenvalue weighted by molar-refractivity contribution is 8.00. The molecule has 1 saturated heterocycles. The largest absolute Gasteiger partial charge is 0.372 e. The van der Waals surface area contributed by atoms with E-state index in [1.807, 2.05) is 36.4 Å². The van der Waals surface area contributed by atoms with Crippen molar-refractivity contribution >= 4 is 40.6 Å². The Bertz CT molecular complexity index is 684. The highest BCUT2D eigenvalue weighted by atomic mass is 35.5. The fraction of sp³-hybridized carbons (Fsp3) is 0.316. The van der Waals surface area contributed by atoms with E-state index < -0.39 is 0 Å². The van der Waals surface area contributed by atoms with Gasteiger partial charge in [0.25, 0.3) is 0 Å². The van der Waals surface area contributed by atoms with Crippen LogP contribution in [0.4, 0.5) is 11.4 Å². The van der Waals surface area contributed by atoms with Crippen molar-refractivity contribution in [2.24, 2.45) is 0 Å². The van der Waals surface area contributed by atoms with Crippen molar-refractivity contribution in [3.8, 4) is 0 Å². The quantitative estimate of drug-likeness (QED) is 0.756. The van der Waals surface area contributed by atoms with Crippen LogP contribution in [0.5, 0.6) is 0 Å². The third kappa shape index (κ3) is 4.68. The lowest BCUT2D eigenvalue weighted by Gasteiger charge is -2.28. The van der Waals surface area contributed by atoms with E-state index in [2.05, 4.69) is 22.3 Å². The highest BCUT2D eigenvalue weighted by Crippen LogP contribution is 2.27. The third-order valence-corrected chi connectivity index (χ3v) is 5.58. The van der Waals surface area contributed by atoms with Crippen LogP contribution in [0.3, 0.4) is 0 Å². The Morgan fingerprint density at radius 3 is 2.46 bits per heavy atom. The number of carbonyl (C=O) groups is 1. The van der Waals surface area contributed by atoms with Crippen molar-refractivity contribution < 1.29 is 4.79 Å². The molecule has 1 fully saturated rings. The molecule has 0 aromatic heterocycles. The standard InChI is InChI=1S/C19H21ClN2OS/c20-17-6-2-3-7-18(17)24-14-19(23)21-15-8-10-16(11-9-15)22-12-4-1-5-13-22/h2-3,6-11H,1,4-5,12-14H2,(H,21,23). The molecule has 0 unspecified atom stereocenters. The molecule has 1 amide bonds. The van der Waals surface area contributed by atoms with Crippen LogP contribution in [-0.2, 0) is 4.79 Å². The van der Waals surface area contributed by atoms with Crippen LogP contribution in [-0.4, -0.2) is 24.7 Å². The normalized spacial score (nSPS) is 14.5. The maximum atomic E-state index is 12.1. The third-order valence-electron chi connectivity index (χ3n) is 4.07. The van der Waals surface area contributed by atoms with Crippen LogP contribution in [0, 0.1) is 0 Å². The van der Waals surface area contributed by atoms with Crippen molar-refractivity contribution in [3.63, 3.8) is 0 Å². The summed E-state index contributed by atoms with van der Waals surface area (Å²) in [6.45, 7) is 2.25. The van der Waals surface area contributed by atoms with Crippen molar-refractivity contribution in [3.05, 3.63) is 53.6 Å². The maximum Gasteiger partial charge on any atom is 0.234 e. The van der Waals surface area contributed by atoms with Gasteiger partial charge in [-0.05, 0) is 55.7 Å². The summed E-state index contributed by atoms with van der Waals surface area (Å²) < 4.78 is 0. The second-order valence-electron chi connectivity index (χ2n) is 5.86. The molecule has 3 nitrogen and oxygen atoms in total. The topological polar surface area (TPSA) is 32.3 Å². The first kappa shape index (κ1) is 17.2. The number of thioether (sulfide) groups is 1. The summed E-state index contributed by atoms with van der Waals surface area (Å²) in [5.74, 6) is 0.322. The molecule has 1 heterocycles. The number of benzene rings is 2. The van der Waals surface area contributed by atoms with E-state index in [0.717, 1.165) is 23.7 Å². The summed E-state index contributed by atoms with van der Waals surface area (Å²) in [5.41, 5.74) is 2.07. The van der Waals surface area contributed by atoms with E-state index in [4.69, 9.17) is 11.6 Å². The van der Waals surface area contributed by atoms with Crippen molar-refractivity contribution in [1.29, 1.82) is 0 Å². The molecule has 0 spiro atoms. The van der Waals surface area contributed by atoms with Crippen molar-refractivity contribution in [2.45, 2.75) is 24.2 Å². The minimum atomic E-state index is -0.0226. The smallest absolute Gasteiger partial charge is 0.234 e. The predicted molar refractivity (Wildman–Crippen MR) is 103 cm³/mol. The lowest BCUT2D eigenvalue weighted by atomic mass is 10.1. The number of rotatable bonds is 5. The maximum absolute atomic E-state index is 12.1. The molecule has 5 heteroatoms. The van der Waals surface area contributed by atoms with E-state index >= 15 is 0 Å². The molecule has 1 aliphatic heterocycles. The number of nitrogens with zero attached hydrogens (tertiary/aromatic N) is 1. The second-order valence-corrected chi connectivity index (χ2v) is 7.29. The average Bonchev–Trinajstić information content (AvgIpc) is 2.62. The molecule has 1 N–H and O–H groups in total. The zero-order valence-corrected chi connectivity index (χ0v) is 15.1. The molecule has 1 aliphatic rings. The summed E-state index contributed by atoms with van der Waals surface area (Å²) in [4.78, 5) is 15.4. The van der Waals surface area contributed by atoms with Crippen molar-refractivity contribution in [1.82, 2.24) is 0 Å². The molecule has 3 rings (SSSR count). The van der Waals surface area contributed by atoms with Gasteiger partial charge in [-0.25, -0.2) is 0 Å². The van der Waals surface area contributed by atoms with Crippen LogP contribution in [0.15, 0.2) is 53.4 Å². The van der Waals surface area contributed by atoms with Crippen LogP contribution < -0.4 is 10.2 Å². The molecular weight excluding hydrogens is 340 g/mol. The first-order chi connectivity index (χ1) is 11.7. The van der Waals surface area contributed by atoms with Gasteiger partial charge >= 0.3 is 0 Å². The van der Waals surface area contributed by atoms with E-state index in [1.54, 1.807) is 0 Å². The number of amides is 1. The number of piperidine rings is 1. The SMILES string of the molecule is O=C(CSc1ccccc1Cl)Nc1ccc(N2CCCCC2)cc1.